The van der Waals surface area contributed by atoms with Crippen molar-refractivity contribution in [2.45, 2.75) is 44.3 Å². The van der Waals surface area contributed by atoms with Crippen LogP contribution in [0.1, 0.15) is 26.3 Å². The van der Waals surface area contributed by atoms with Crippen LogP contribution in [-0.4, -0.2) is 55.8 Å². The highest BCUT2D eigenvalue weighted by atomic mass is 32.2. The first-order chi connectivity index (χ1) is 18.9. The summed E-state index contributed by atoms with van der Waals surface area (Å²) in [4.78, 5) is 38.6. The number of anilines is 1. The normalized spacial score (nSPS) is 11.9. The summed E-state index contributed by atoms with van der Waals surface area (Å²) in [7, 11) is -2.76. The topological polar surface area (TPSA) is 139 Å². The zero-order valence-corrected chi connectivity index (χ0v) is 23.5. The summed E-state index contributed by atoms with van der Waals surface area (Å²) in [6, 6.07) is 18.3. The van der Waals surface area contributed by atoms with E-state index in [2.05, 4.69) is 5.32 Å². The molecule has 0 aliphatic heterocycles. The fraction of sp³-hybridized carbons (Fsp3) is 0.286. The predicted molar refractivity (Wildman–Crippen MR) is 150 cm³/mol. The van der Waals surface area contributed by atoms with E-state index in [1.54, 1.807) is 63.2 Å². The molecule has 0 aliphatic carbocycles. The Morgan fingerprint density at radius 3 is 2.20 bits per heavy atom. The molecular weight excluding hydrogens is 536 g/mol. The molecule has 212 valence electrons. The molecule has 3 rings (SSSR count). The number of nitrogens with one attached hydrogen (secondary N) is 1. The standard InChI is InChI=1S/C28H32N4O7S/c1-20(2)29-28(34)21(3)30(18-22-9-8-10-25(17-22)39-4)27(33)19-31(23-13-15-24(16-14-23)32(35)36)40(37,38)26-11-6-5-7-12-26/h5-17,20-21H,18-19H2,1-4H3,(H,29,34). The Kier molecular flexibility index (Phi) is 9.83. The third-order valence-electron chi connectivity index (χ3n) is 6.04. The average Bonchev–Trinajstić information content (AvgIpc) is 2.94. The van der Waals surface area contributed by atoms with Crippen LogP contribution in [0.5, 0.6) is 5.75 Å². The molecule has 0 heterocycles. The number of benzene rings is 3. The Balaban J connectivity index is 2.04. The molecule has 0 fully saturated rings. The van der Waals surface area contributed by atoms with Gasteiger partial charge in [-0.05, 0) is 62.7 Å². The van der Waals surface area contributed by atoms with Gasteiger partial charge in [-0.15, -0.1) is 0 Å². The van der Waals surface area contributed by atoms with Crippen molar-refractivity contribution in [3.05, 3.63) is 94.5 Å². The monoisotopic (exact) mass is 568 g/mol. The first kappa shape index (κ1) is 30.1. The number of nitro groups is 1. The lowest BCUT2D eigenvalue weighted by Gasteiger charge is -2.32. The Hall–Kier alpha value is -4.45. The molecule has 0 saturated heterocycles. The van der Waals surface area contributed by atoms with E-state index in [9.17, 15) is 28.1 Å². The van der Waals surface area contributed by atoms with Crippen LogP contribution in [0.3, 0.4) is 0 Å². The molecule has 0 saturated carbocycles. The fourth-order valence-corrected chi connectivity index (χ4v) is 5.38. The van der Waals surface area contributed by atoms with Crippen LogP contribution >= 0.6 is 0 Å². The second-order valence-electron chi connectivity index (χ2n) is 9.31. The molecule has 0 bridgehead atoms. The zero-order chi connectivity index (χ0) is 29.4. The van der Waals surface area contributed by atoms with Crippen molar-refractivity contribution in [1.29, 1.82) is 0 Å². The van der Waals surface area contributed by atoms with Gasteiger partial charge in [-0.25, -0.2) is 8.42 Å². The number of rotatable bonds is 12. The van der Waals surface area contributed by atoms with Crippen molar-refractivity contribution in [2.24, 2.45) is 0 Å². The Labute approximate surface area is 233 Å². The molecule has 1 atom stereocenters. The summed E-state index contributed by atoms with van der Waals surface area (Å²) in [5.41, 5.74) is 0.499. The number of carbonyl (C=O) groups excluding carboxylic acids is 2. The van der Waals surface area contributed by atoms with Gasteiger partial charge in [0, 0.05) is 24.7 Å². The molecule has 0 radical (unpaired) electrons. The molecule has 3 aromatic carbocycles. The summed E-state index contributed by atoms with van der Waals surface area (Å²) < 4.78 is 33.6. The quantitative estimate of drug-likeness (QED) is 0.259. The van der Waals surface area contributed by atoms with Crippen molar-refractivity contribution in [3.63, 3.8) is 0 Å². The van der Waals surface area contributed by atoms with Crippen LogP contribution in [0.4, 0.5) is 11.4 Å². The van der Waals surface area contributed by atoms with E-state index in [-0.39, 0.29) is 28.9 Å². The number of nitro benzene ring substituents is 1. The number of nitrogens with zero attached hydrogens (tertiary/aromatic N) is 3. The van der Waals surface area contributed by atoms with Gasteiger partial charge >= 0.3 is 0 Å². The summed E-state index contributed by atoms with van der Waals surface area (Å²) in [6.45, 7) is 4.50. The van der Waals surface area contributed by atoms with Gasteiger partial charge in [-0.2, -0.15) is 0 Å². The van der Waals surface area contributed by atoms with Crippen molar-refractivity contribution in [1.82, 2.24) is 10.2 Å². The maximum atomic E-state index is 13.9. The Bertz CT molecular complexity index is 1440. The highest BCUT2D eigenvalue weighted by molar-refractivity contribution is 7.92. The molecule has 2 amide bonds. The molecule has 3 aromatic rings. The molecule has 11 nitrogen and oxygen atoms in total. The van der Waals surface area contributed by atoms with E-state index in [1.807, 2.05) is 0 Å². The van der Waals surface area contributed by atoms with Crippen LogP contribution in [0.15, 0.2) is 83.8 Å². The van der Waals surface area contributed by atoms with Gasteiger partial charge in [0.15, 0.2) is 0 Å². The third-order valence-corrected chi connectivity index (χ3v) is 7.83. The molecule has 1 unspecified atom stereocenters. The van der Waals surface area contributed by atoms with E-state index in [0.717, 1.165) is 4.31 Å². The molecule has 0 aromatic heterocycles. The molecule has 40 heavy (non-hydrogen) atoms. The summed E-state index contributed by atoms with van der Waals surface area (Å²) in [5, 5.41) is 14.0. The van der Waals surface area contributed by atoms with Gasteiger partial charge in [0.05, 0.1) is 22.6 Å². The molecule has 0 aliphatic rings. The fourth-order valence-electron chi connectivity index (χ4n) is 3.94. The average molecular weight is 569 g/mol. The maximum Gasteiger partial charge on any atom is 0.269 e. The number of ether oxygens (including phenoxy) is 1. The van der Waals surface area contributed by atoms with Gasteiger partial charge in [0.1, 0.15) is 18.3 Å². The summed E-state index contributed by atoms with van der Waals surface area (Å²) >= 11 is 0. The van der Waals surface area contributed by atoms with E-state index in [4.69, 9.17) is 4.74 Å². The first-order valence-corrected chi connectivity index (χ1v) is 13.9. The Morgan fingerprint density at radius 2 is 1.62 bits per heavy atom. The van der Waals surface area contributed by atoms with Gasteiger partial charge in [-0.3, -0.25) is 24.0 Å². The summed E-state index contributed by atoms with van der Waals surface area (Å²) in [5.74, 6) is -0.491. The molecule has 1 N–H and O–H groups in total. The number of sulfonamides is 1. The smallest absolute Gasteiger partial charge is 0.269 e. The number of carbonyl (C=O) groups is 2. The summed E-state index contributed by atoms with van der Waals surface area (Å²) in [6.07, 6.45) is 0. The van der Waals surface area contributed by atoms with Crippen LogP contribution in [0.25, 0.3) is 0 Å². The Morgan fingerprint density at radius 1 is 0.975 bits per heavy atom. The van der Waals surface area contributed by atoms with Crippen LogP contribution < -0.4 is 14.4 Å². The van der Waals surface area contributed by atoms with E-state index >= 15 is 0 Å². The van der Waals surface area contributed by atoms with Crippen molar-refractivity contribution >= 4 is 33.2 Å². The minimum atomic E-state index is -4.27. The van der Waals surface area contributed by atoms with Gasteiger partial charge in [0.25, 0.3) is 15.7 Å². The third kappa shape index (κ3) is 7.35. The van der Waals surface area contributed by atoms with Crippen molar-refractivity contribution < 1.29 is 27.7 Å². The lowest BCUT2D eigenvalue weighted by atomic mass is 10.1. The number of non-ortho nitro benzene ring substituents is 1. The van der Waals surface area contributed by atoms with E-state index in [0.29, 0.717) is 11.3 Å². The minimum absolute atomic E-state index is 0.00218. The number of hydrogen-bond acceptors (Lipinski definition) is 7. The van der Waals surface area contributed by atoms with Crippen LogP contribution in [0.2, 0.25) is 0 Å². The van der Waals surface area contributed by atoms with Crippen molar-refractivity contribution in [3.8, 4) is 5.75 Å². The highest BCUT2D eigenvalue weighted by Crippen LogP contribution is 2.26. The minimum Gasteiger partial charge on any atom is -0.497 e. The molecular formula is C28H32N4O7S. The zero-order valence-electron chi connectivity index (χ0n) is 22.7. The van der Waals surface area contributed by atoms with Crippen LogP contribution in [-0.2, 0) is 26.2 Å². The van der Waals surface area contributed by atoms with E-state index in [1.165, 1.54) is 48.4 Å². The van der Waals surface area contributed by atoms with Gasteiger partial charge < -0.3 is 15.0 Å². The van der Waals surface area contributed by atoms with Gasteiger partial charge in [-0.1, -0.05) is 30.3 Å². The second kappa shape index (κ2) is 13.1. The predicted octanol–water partition coefficient (Wildman–Crippen LogP) is 3.74. The first-order valence-electron chi connectivity index (χ1n) is 12.5. The highest BCUT2D eigenvalue weighted by Gasteiger charge is 2.33. The SMILES string of the molecule is COc1cccc(CN(C(=O)CN(c2ccc([N+](=O)[O-])cc2)S(=O)(=O)c2ccccc2)C(C)C(=O)NC(C)C)c1. The number of amides is 2. The molecule has 0 spiro atoms. The maximum absolute atomic E-state index is 13.9. The second-order valence-corrected chi connectivity index (χ2v) is 11.2. The number of hydrogen-bond donors (Lipinski definition) is 1. The van der Waals surface area contributed by atoms with Crippen molar-refractivity contribution in [2.75, 3.05) is 18.0 Å². The number of methoxy groups -OCH3 is 1. The largest absolute Gasteiger partial charge is 0.497 e. The van der Waals surface area contributed by atoms with Crippen LogP contribution in [0, 0.1) is 10.1 Å². The lowest BCUT2D eigenvalue weighted by Crippen LogP contribution is -2.52. The van der Waals surface area contributed by atoms with E-state index < -0.39 is 39.3 Å². The lowest BCUT2D eigenvalue weighted by molar-refractivity contribution is -0.384. The van der Waals surface area contributed by atoms with Gasteiger partial charge in [0.2, 0.25) is 11.8 Å². The molecule has 12 heteroatoms.